The van der Waals surface area contributed by atoms with Crippen molar-refractivity contribution < 1.29 is 0 Å². The monoisotopic (exact) mass is 363 g/mol. The first kappa shape index (κ1) is 18.1. The number of nitrogens with one attached hydrogen (secondary N) is 2. The lowest BCUT2D eigenvalue weighted by atomic mass is 9.88. The molecule has 0 amide bonds. The minimum Gasteiger partial charge on any atom is -0.354 e. The van der Waals surface area contributed by atoms with E-state index in [9.17, 15) is 4.79 Å². The van der Waals surface area contributed by atoms with Crippen molar-refractivity contribution >= 4 is 10.9 Å². The molecule has 0 spiro atoms. The average Bonchev–Trinajstić information content (AvgIpc) is 3.04. The fourth-order valence-corrected chi connectivity index (χ4v) is 4.44. The molecule has 1 saturated heterocycles. The number of hydrogen-bond acceptors (Lipinski definition) is 2. The molecule has 0 saturated carbocycles. The molecule has 4 heteroatoms. The van der Waals surface area contributed by atoms with E-state index >= 15 is 0 Å². The van der Waals surface area contributed by atoms with Crippen molar-refractivity contribution in [3.05, 3.63) is 57.5 Å². The summed E-state index contributed by atoms with van der Waals surface area (Å²) in [5, 5.41) is 4.78. The first-order valence-electron chi connectivity index (χ1n) is 9.99. The van der Waals surface area contributed by atoms with Crippen LogP contribution in [0.2, 0.25) is 0 Å². The molecule has 3 aromatic rings. The molecule has 1 aromatic carbocycles. The summed E-state index contributed by atoms with van der Waals surface area (Å²) < 4.78 is 1.67. The predicted octanol–water partition coefficient (Wildman–Crippen LogP) is 4.43. The number of rotatable bonds is 3. The topological polar surface area (TPSA) is 49.8 Å². The van der Waals surface area contributed by atoms with Crippen molar-refractivity contribution in [2.75, 3.05) is 13.1 Å². The van der Waals surface area contributed by atoms with Crippen LogP contribution >= 0.6 is 0 Å². The van der Waals surface area contributed by atoms with Crippen molar-refractivity contribution in [3.63, 3.8) is 0 Å². The van der Waals surface area contributed by atoms with Gasteiger partial charge < -0.3 is 14.9 Å². The molecule has 0 bridgehead atoms. The van der Waals surface area contributed by atoms with Gasteiger partial charge in [-0.2, -0.15) is 0 Å². The van der Waals surface area contributed by atoms with Gasteiger partial charge in [-0.15, -0.1) is 0 Å². The van der Waals surface area contributed by atoms with Crippen molar-refractivity contribution in [2.24, 2.45) is 7.05 Å². The molecule has 142 valence electrons. The van der Waals surface area contributed by atoms with Gasteiger partial charge >= 0.3 is 0 Å². The van der Waals surface area contributed by atoms with Crippen molar-refractivity contribution in [1.82, 2.24) is 14.9 Å². The van der Waals surface area contributed by atoms with Gasteiger partial charge in [0.05, 0.1) is 5.69 Å². The summed E-state index contributed by atoms with van der Waals surface area (Å²) in [5.74, 6) is 1.04. The van der Waals surface area contributed by atoms with Gasteiger partial charge in [0.1, 0.15) is 0 Å². The van der Waals surface area contributed by atoms with Crippen LogP contribution in [0.5, 0.6) is 0 Å². The molecule has 0 radical (unpaired) electrons. The highest BCUT2D eigenvalue weighted by Crippen LogP contribution is 2.38. The van der Waals surface area contributed by atoms with E-state index in [4.69, 9.17) is 0 Å². The molecule has 0 aliphatic carbocycles. The fraction of sp³-hybridized carbons (Fsp3) is 0.435. The number of aryl methyl sites for hydroxylation is 2. The third-order valence-corrected chi connectivity index (χ3v) is 5.96. The number of piperidine rings is 1. The lowest BCUT2D eigenvalue weighted by Gasteiger charge is -2.23. The van der Waals surface area contributed by atoms with E-state index in [1.54, 1.807) is 10.6 Å². The van der Waals surface area contributed by atoms with Crippen LogP contribution in [0.25, 0.3) is 22.2 Å². The minimum absolute atomic E-state index is 0.0339. The molecule has 4 rings (SSSR count). The molecule has 3 heterocycles. The summed E-state index contributed by atoms with van der Waals surface area (Å²) in [7, 11) is 1.82. The Bertz CT molecular complexity index is 1040. The highest BCUT2D eigenvalue weighted by Gasteiger charge is 2.21. The van der Waals surface area contributed by atoms with E-state index in [0.29, 0.717) is 11.8 Å². The molecule has 2 aromatic heterocycles. The predicted molar refractivity (Wildman–Crippen MR) is 113 cm³/mol. The van der Waals surface area contributed by atoms with E-state index in [-0.39, 0.29) is 5.56 Å². The quantitative estimate of drug-likeness (QED) is 0.723. The maximum atomic E-state index is 12.0. The molecule has 1 aliphatic heterocycles. The Morgan fingerprint density at radius 2 is 1.89 bits per heavy atom. The zero-order valence-corrected chi connectivity index (χ0v) is 16.7. The number of pyridine rings is 1. The van der Waals surface area contributed by atoms with Gasteiger partial charge in [-0.3, -0.25) is 4.79 Å². The fourth-order valence-electron chi connectivity index (χ4n) is 4.44. The van der Waals surface area contributed by atoms with Crippen LogP contribution in [0.4, 0.5) is 0 Å². The number of H-pyrrole nitrogens is 1. The number of nitrogens with zero attached hydrogens (tertiary/aromatic N) is 1. The standard InChI is InChI=1S/C23H29N3O/c1-14(2)22-18-12-17(16-7-9-24-10-8-16)5-6-20(18)25-23(22)19-13-26(4)21(27)11-15(19)3/h5-6,11-14,16,24-25H,7-10H2,1-4H3. The molecule has 2 N–H and O–H groups in total. The van der Waals surface area contributed by atoms with Crippen LogP contribution in [0.15, 0.2) is 35.3 Å². The normalized spacial score (nSPS) is 15.7. The van der Waals surface area contributed by atoms with Gasteiger partial charge in [0.25, 0.3) is 5.56 Å². The highest BCUT2D eigenvalue weighted by molar-refractivity contribution is 5.92. The van der Waals surface area contributed by atoms with E-state index < -0.39 is 0 Å². The Morgan fingerprint density at radius 3 is 2.59 bits per heavy atom. The largest absolute Gasteiger partial charge is 0.354 e. The first-order chi connectivity index (χ1) is 13.0. The number of benzene rings is 1. The number of aromatic amines is 1. The van der Waals surface area contributed by atoms with Gasteiger partial charge in [0, 0.05) is 35.8 Å². The summed E-state index contributed by atoms with van der Waals surface area (Å²) in [6, 6.07) is 8.65. The maximum Gasteiger partial charge on any atom is 0.250 e. The van der Waals surface area contributed by atoms with Crippen LogP contribution in [0, 0.1) is 6.92 Å². The highest BCUT2D eigenvalue weighted by atomic mass is 16.1. The van der Waals surface area contributed by atoms with E-state index in [2.05, 4.69) is 42.3 Å². The van der Waals surface area contributed by atoms with Crippen LogP contribution in [0.1, 0.15) is 55.2 Å². The van der Waals surface area contributed by atoms with Crippen molar-refractivity contribution in [3.8, 4) is 11.3 Å². The van der Waals surface area contributed by atoms with Crippen molar-refractivity contribution in [2.45, 2.75) is 45.4 Å². The zero-order valence-electron chi connectivity index (χ0n) is 16.7. The Balaban J connectivity index is 1.90. The van der Waals surface area contributed by atoms with E-state index in [0.717, 1.165) is 29.9 Å². The number of fused-ring (bicyclic) bond motifs is 1. The third kappa shape index (κ3) is 3.23. The summed E-state index contributed by atoms with van der Waals surface area (Å²) in [6.07, 6.45) is 4.38. The van der Waals surface area contributed by atoms with Crippen LogP contribution in [-0.4, -0.2) is 22.6 Å². The molecule has 1 aliphatic rings. The summed E-state index contributed by atoms with van der Waals surface area (Å²) in [4.78, 5) is 15.6. The summed E-state index contributed by atoms with van der Waals surface area (Å²) in [6.45, 7) is 8.73. The molecular formula is C23H29N3O. The van der Waals surface area contributed by atoms with Gasteiger partial charge in [0.15, 0.2) is 0 Å². The summed E-state index contributed by atoms with van der Waals surface area (Å²) >= 11 is 0. The third-order valence-electron chi connectivity index (χ3n) is 5.96. The van der Waals surface area contributed by atoms with Gasteiger partial charge in [0.2, 0.25) is 0 Å². The molecule has 0 unspecified atom stereocenters. The minimum atomic E-state index is 0.0339. The lowest BCUT2D eigenvalue weighted by molar-refractivity contribution is 0.460. The average molecular weight is 364 g/mol. The second kappa shape index (κ2) is 7.01. The summed E-state index contributed by atoms with van der Waals surface area (Å²) in [5.41, 5.74) is 7.29. The maximum absolute atomic E-state index is 12.0. The Kier molecular flexibility index (Phi) is 4.68. The van der Waals surface area contributed by atoms with Crippen LogP contribution < -0.4 is 10.9 Å². The van der Waals surface area contributed by atoms with Gasteiger partial charge in [-0.05, 0) is 73.5 Å². The second-order valence-corrected chi connectivity index (χ2v) is 8.22. The SMILES string of the molecule is Cc1cc(=O)n(C)cc1-c1[nH]c2ccc(C3CCNCC3)cc2c1C(C)C. The Hall–Kier alpha value is -2.33. The van der Waals surface area contributed by atoms with Crippen molar-refractivity contribution in [1.29, 1.82) is 0 Å². The molecular weight excluding hydrogens is 334 g/mol. The van der Waals surface area contributed by atoms with Gasteiger partial charge in [-0.25, -0.2) is 0 Å². The Labute approximate surface area is 160 Å². The lowest BCUT2D eigenvalue weighted by Crippen LogP contribution is -2.26. The molecule has 27 heavy (non-hydrogen) atoms. The van der Waals surface area contributed by atoms with E-state index in [1.165, 1.54) is 34.9 Å². The van der Waals surface area contributed by atoms with Gasteiger partial charge in [-0.1, -0.05) is 19.9 Å². The van der Waals surface area contributed by atoms with Crippen LogP contribution in [-0.2, 0) is 7.05 Å². The molecule has 1 fully saturated rings. The zero-order chi connectivity index (χ0) is 19.1. The first-order valence-corrected chi connectivity index (χ1v) is 9.99. The number of aromatic nitrogens is 2. The van der Waals surface area contributed by atoms with Crippen LogP contribution in [0.3, 0.4) is 0 Å². The molecule has 4 nitrogen and oxygen atoms in total. The number of hydrogen-bond donors (Lipinski definition) is 2. The second-order valence-electron chi connectivity index (χ2n) is 8.22. The molecule has 0 atom stereocenters. The smallest absolute Gasteiger partial charge is 0.250 e. The Morgan fingerprint density at radius 1 is 1.15 bits per heavy atom. The van der Waals surface area contributed by atoms with E-state index in [1.807, 2.05) is 20.2 Å².